The predicted octanol–water partition coefficient (Wildman–Crippen LogP) is 2.74. The molecule has 3 N–H and O–H groups in total. The summed E-state index contributed by atoms with van der Waals surface area (Å²) in [6, 6.07) is 10.8. The number of pyridine rings is 1. The second-order valence-corrected chi connectivity index (χ2v) is 5.63. The Labute approximate surface area is 160 Å². The van der Waals surface area contributed by atoms with Crippen LogP contribution >= 0.6 is 0 Å². The van der Waals surface area contributed by atoms with Gasteiger partial charge < -0.3 is 19.8 Å². The van der Waals surface area contributed by atoms with Gasteiger partial charge >= 0.3 is 12.1 Å². The van der Waals surface area contributed by atoms with Crippen LogP contribution in [0.25, 0.3) is 10.9 Å². The number of hydrogen-bond acceptors (Lipinski definition) is 7. The van der Waals surface area contributed by atoms with E-state index in [0.29, 0.717) is 5.69 Å². The minimum atomic E-state index is -0.894. The largest absolute Gasteiger partial charge is 0.451 e. The Morgan fingerprint density at radius 1 is 1.07 bits per heavy atom. The summed E-state index contributed by atoms with van der Waals surface area (Å²) >= 11 is 0. The number of aromatic amines is 1. The van der Waals surface area contributed by atoms with Crippen LogP contribution in [0.5, 0.6) is 0 Å². The van der Waals surface area contributed by atoms with Crippen molar-refractivity contribution in [3.8, 4) is 0 Å². The number of para-hydroxylation sites is 1. The van der Waals surface area contributed by atoms with E-state index >= 15 is 0 Å². The molecule has 0 aliphatic heterocycles. The average Bonchev–Trinajstić information content (AvgIpc) is 3.06. The minimum Gasteiger partial charge on any atom is -0.451 e. The summed E-state index contributed by atoms with van der Waals surface area (Å²) in [6.07, 6.45) is 2.35. The minimum absolute atomic E-state index is 0.123. The molecule has 0 atom stereocenters. The highest BCUT2D eigenvalue weighted by Crippen LogP contribution is 2.30. The number of nitrogens with one attached hydrogen (secondary N) is 3. The van der Waals surface area contributed by atoms with Gasteiger partial charge in [-0.1, -0.05) is 18.2 Å². The van der Waals surface area contributed by atoms with Gasteiger partial charge in [0.2, 0.25) is 0 Å². The number of amides is 2. The molecular weight excluding hydrogens is 364 g/mol. The molecule has 144 valence electrons. The summed E-state index contributed by atoms with van der Waals surface area (Å²) in [5.41, 5.74) is 2.12. The molecule has 0 aliphatic carbocycles. The van der Waals surface area contributed by atoms with Crippen LogP contribution in [0.2, 0.25) is 0 Å². The maximum atomic E-state index is 12.5. The first-order valence-corrected chi connectivity index (χ1v) is 8.50. The highest BCUT2D eigenvalue weighted by atomic mass is 16.6. The Morgan fingerprint density at radius 2 is 1.82 bits per heavy atom. The van der Waals surface area contributed by atoms with Gasteiger partial charge in [0.25, 0.3) is 5.91 Å². The van der Waals surface area contributed by atoms with E-state index in [2.05, 4.69) is 20.0 Å². The molecule has 0 saturated heterocycles. The first-order chi connectivity index (χ1) is 13.6. The van der Waals surface area contributed by atoms with Crippen LogP contribution in [0.3, 0.4) is 0 Å². The second-order valence-electron chi connectivity index (χ2n) is 5.63. The molecule has 9 heteroatoms. The number of imide groups is 1. The first-order valence-electron chi connectivity index (χ1n) is 8.50. The van der Waals surface area contributed by atoms with Crippen LogP contribution in [0, 0.1) is 0 Å². The number of nitrogens with zero attached hydrogens (tertiary/aromatic N) is 1. The van der Waals surface area contributed by atoms with Crippen molar-refractivity contribution < 1.29 is 23.9 Å². The molecule has 28 heavy (non-hydrogen) atoms. The molecule has 2 aromatic heterocycles. The van der Waals surface area contributed by atoms with Gasteiger partial charge in [-0.2, -0.15) is 0 Å². The second kappa shape index (κ2) is 8.67. The summed E-state index contributed by atoms with van der Waals surface area (Å²) < 4.78 is 9.63. The zero-order chi connectivity index (χ0) is 19.9. The lowest BCUT2D eigenvalue weighted by Crippen LogP contribution is -2.34. The fraction of sp³-hybridized carbons (Fsp3) is 0.158. The molecule has 0 fully saturated rings. The van der Waals surface area contributed by atoms with Crippen molar-refractivity contribution in [3.63, 3.8) is 0 Å². The van der Waals surface area contributed by atoms with E-state index in [9.17, 15) is 14.4 Å². The fourth-order valence-electron chi connectivity index (χ4n) is 2.52. The zero-order valence-electron chi connectivity index (χ0n) is 15.0. The molecule has 0 saturated carbocycles. The topological polar surface area (TPSA) is 122 Å². The Bertz CT molecular complexity index is 1000. The van der Waals surface area contributed by atoms with E-state index in [-0.39, 0.29) is 12.3 Å². The number of esters is 1. The van der Waals surface area contributed by atoms with Gasteiger partial charge in [-0.15, -0.1) is 0 Å². The van der Waals surface area contributed by atoms with E-state index in [1.54, 1.807) is 31.5 Å². The lowest BCUT2D eigenvalue weighted by atomic mass is 10.2. The highest BCUT2D eigenvalue weighted by molar-refractivity contribution is 6.07. The van der Waals surface area contributed by atoms with Crippen LogP contribution in [0.4, 0.5) is 16.2 Å². The SMILES string of the molecule is CCOC(=O)NC(=O)COC(=O)c1[nH]c2ccccc2c1Nc1ccncc1. The van der Waals surface area contributed by atoms with Crippen LogP contribution in [0.1, 0.15) is 17.4 Å². The van der Waals surface area contributed by atoms with Crippen molar-refractivity contribution in [2.24, 2.45) is 0 Å². The van der Waals surface area contributed by atoms with E-state index in [0.717, 1.165) is 16.6 Å². The zero-order valence-corrected chi connectivity index (χ0v) is 15.0. The number of aromatic nitrogens is 2. The van der Waals surface area contributed by atoms with Gasteiger partial charge in [-0.3, -0.25) is 15.1 Å². The smallest absolute Gasteiger partial charge is 0.413 e. The molecule has 1 aromatic carbocycles. The number of benzene rings is 1. The van der Waals surface area contributed by atoms with Crippen LogP contribution in [-0.4, -0.2) is 41.2 Å². The van der Waals surface area contributed by atoms with Gasteiger partial charge in [0, 0.05) is 29.0 Å². The van der Waals surface area contributed by atoms with Crippen molar-refractivity contribution in [1.29, 1.82) is 0 Å². The van der Waals surface area contributed by atoms with Crippen molar-refractivity contribution >= 4 is 40.2 Å². The summed E-state index contributed by atoms with van der Waals surface area (Å²) in [5.74, 6) is -1.53. The Kier molecular flexibility index (Phi) is 5.85. The monoisotopic (exact) mass is 382 g/mol. The molecular formula is C19H18N4O5. The summed E-state index contributed by atoms with van der Waals surface area (Å²) in [5, 5.41) is 5.90. The standard InChI is InChI=1S/C19H18N4O5/c1-2-27-19(26)23-15(24)11-28-18(25)17-16(21-12-7-9-20-10-8-12)13-5-3-4-6-14(13)22-17/h3-10,22H,2,11H2,1H3,(H,20,21)(H,23,24,26). The van der Waals surface area contributed by atoms with Gasteiger partial charge in [0.05, 0.1) is 12.3 Å². The third-order valence-corrected chi connectivity index (χ3v) is 3.71. The average molecular weight is 382 g/mol. The number of fused-ring (bicyclic) bond motifs is 1. The van der Waals surface area contributed by atoms with Gasteiger partial charge in [0.15, 0.2) is 6.61 Å². The Balaban J connectivity index is 1.78. The summed E-state index contributed by atoms with van der Waals surface area (Å²) in [4.78, 5) is 42.4. The first kappa shape index (κ1) is 18.9. The van der Waals surface area contributed by atoms with Gasteiger partial charge in [-0.25, -0.2) is 9.59 Å². The molecule has 9 nitrogen and oxygen atoms in total. The maximum absolute atomic E-state index is 12.5. The number of ether oxygens (including phenoxy) is 2. The number of alkyl carbamates (subject to hydrolysis) is 1. The number of rotatable bonds is 6. The molecule has 0 radical (unpaired) electrons. The van der Waals surface area contributed by atoms with Gasteiger partial charge in [0.1, 0.15) is 5.69 Å². The lowest BCUT2D eigenvalue weighted by Gasteiger charge is -2.09. The van der Waals surface area contributed by atoms with E-state index in [1.807, 2.05) is 29.6 Å². The van der Waals surface area contributed by atoms with Crippen LogP contribution < -0.4 is 10.6 Å². The van der Waals surface area contributed by atoms with Crippen LogP contribution in [0.15, 0.2) is 48.8 Å². The number of carbonyl (C=O) groups is 3. The number of H-pyrrole nitrogens is 1. The highest BCUT2D eigenvalue weighted by Gasteiger charge is 2.20. The van der Waals surface area contributed by atoms with Crippen molar-refractivity contribution in [2.45, 2.75) is 6.92 Å². The van der Waals surface area contributed by atoms with E-state index in [1.165, 1.54) is 0 Å². The molecule has 0 bridgehead atoms. The molecule has 0 spiro atoms. The predicted molar refractivity (Wildman–Crippen MR) is 101 cm³/mol. The van der Waals surface area contributed by atoms with E-state index in [4.69, 9.17) is 4.74 Å². The van der Waals surface area contributed by atoms with Crippen molar-refractivity contribution in [3.05, 3.63) is 54.5 Å². The molecule has 2 amide bonds. The molecule has 0 aliphatic rings. The quantitative estimate of drug-likeness (QED) is 0.560. The molecule has 3 aromatic rings. The number of anilines is 2. The molecule has 3 rings (SSSR count). The third-order valence-electron chi connectivity index (χ3n) is 3.71. The third kappa shape index (κ3) is 4.44. The van der Waals surface area contributed by atoms with Gasteiger partial charge in [-0.05, 0) is 25.1 Å². The lowest BCUT2D eigenvalue weighted by molar-refractivity contribution is -0.123. The fourth-order valence-corrected chi connectivity index (χ4v) is 2.52. The number of hydrogen-bond donors (Lipinski definition) is 3. The molecule has 0 unspecified atom stereocenters. The summed E-state index contributed by atoms with van der Waals surface area (Å²) in [6.45, 7) is 1.11. The Hall–Kier alpha value is -3.88. The van der Waals surface area contributed by atoms with Crippen LogP contribution in [-0.2, 0) is 14.3 Å². The van der Waals surface area contributed by atoms with Crippen molar-refractivity contribution in [2.75, 3.05) is 18.5 Å². The maximum Gasteiger partial charge on any atom is 0.413 e. The van der Waals surface area contributed by atoms with Crippen molar-refractivity contribution in [1.82, 2.24) is 15.3 Å². The molecule has 2 heterocycles. The summed E-state index contributed by atoms with van der Waals surface area (Å²) in [7, 11) is 0. The normalized spacial score (nSPS) is 10.3. The Morgan fingerprint density at radius 3 is 2.57 bits per heavy atom. The van der Waals surface area contributed by atoms with E-state index < -0.39 is 24.6 Å². The number of carbonyl (C=O) groups excluding carboxylic acids is 3.